The average Bonchev–Trinajstić information content (AvgIpc) is 1.58. The number of unbranched alkanes of at least 4 members (excludes halogenated alkanes) is 24. The van der Waals surface area contributed by atoms with E-state index in [2.05, 4.69) is 135 Å². The summed E-state index contributed by atoms with van der Waals surface area (Å²) in [7, 11) is 0. The van der Waals surface area contributed by atoms with Crippen molar-refractivity contribution in [1.29, 1.82) is 0 Å². The van der Waals surface area contributed by atoms with E-state index in [1.165, 1.54) is 258 Å². The molecule has 542 valence electrons. The number of carbonyl (C=O) groups is 2. The van der Waals surface area contributed by atoms with Crippen molar-refractivity contribution in [3.63, 3.8) is 0 Å². The number of carbonyl (C=O) groups excluding carboxylic acids is 2. The number of aliphatic imine (C=N–C) groups is 2. The Morgan fingerprint density at radius 3 is 0.990 bits per heavy atom. The van der Waals surface area contributed by atoms with Gasteiger partial charge in [-0.25, -0.2) is 9.98 Å². The van der Waals surface area contributed by atoms with E-state index in [0.717, 1.165) is 190 Å². The second-order valence-electron chi connectivity index (χ2n) is 31.7. The molecule has 0 spiro atoms. The van der Waals surface area contributed by atoms with Crippen molar-refractivity contribution in [3.05, 3.63) is 215 Å². The van der Waals surface area contributed by atoms with Crippen LogP contribution in [0.3, 0.4) is 0 Å². The molecule has 5 aromatic rings. The van der Waals surface area contributed by atoms with Crippen LogP contribution in [0.15, 0.2) is 158 Å². The first-order chi connectivity index (χ1) is 50.3. The molecule has 0 atom stereocenters. The van der Waals surface area contributed by atoms with E-state index in [9.17, 15) is 4.79 Å². The van der Waals surface area contributed by atoms with Crippen molar-refractivity contribution in [3.8, 4) is 0 Å². The van der Waals surface area contributed by atoms with Crippen molar-refractivity contribution in [2.75, 3.05) is 0 Å². The van der Waals surface area contributed by atoms with Crippen LogP contribution in [0.1, 0.15) is 369 Å². The monoisotopic (exact) mass is 1370 g/mol. The number of H-pyrrole nitrogens is 1. The van der Waals surface area contributed by atoms with Crippen molar-refractivity contribution in [2.24, 2.45) is 9.98 Å². The second-order valence-corrected chi connectivity index (χ2v) is 31.7. The van der Waals surface area contributed by atoms with Gasteiger partial charge in [-0.15, -0.1) is 0 Å². The summed E-state index contributed by atoms with van der Waals surface area (Å²) in [6.45, 7) is 9.20. The van der Waals surface area contributed by atoms with Crippen LogP contribution < -0.4 is 5.32 Å². The third-order valence-corrected chi connectivity index (χ3v) is 24.0. The molecule has 0 saturated carbocycles. The molecule has 1 amide bonds. The Morgan fingerprint density at radius 1 is 0.314 bits per heavy atom. The lowest BCUT2D eigenvalue weighted by molar-refractivity contribution is -0.116. The smallest absolute Gasteiger partial charge is 0.251 e. The summed E-state index contributed by atoms with van der Waals surface area (Å²) < 4.78 is 0. The molecule has 3 aliphatic heterocycles. The van der Waals surface area contributed by atoms with Gasteiger partial charge < -0.3 is 10.3 Å². The maximum Gasteiger partial charge on any atom is 0.251 e. The van der Waals surface area contributed by atoms with Gasteiger partial charge in [0.2, 0.25) is 5.78 Å². The Bertz CT molecular complexity index is 3900. The molecule has 102 heavy (non-hydrogen) atoms. The van der Waals surface area contributed by atoms with Gasteiger partial charge in [-0.1, -0.05) is 279 Å². The third-order valence-electron chi connectivity index (χ3n) is 24.0. The second kappa shape index (κ2) is 38.7. The molecule has 1 aromatic heterocycles. The molecule has 0 unspecified atom stereocenters. The minimum absolute atomic E-state index is 0.0521. The Morgan fingerprint density at radius 2 is 0.608 bits per heavy atom. The van der Waals surface area contributed by atoms with Crippen molar-refractivity contribution in [2.45, 2.75) is 336 Å². The number of Topliss-reactive ketones (excluding diaryl/α,β-unsaturated/α-hetero) is 1. The number of allylic oxidation sites excluding steroid dienone is 6. The first-order valence-electron chi connectivity index (χ1n) is 42.4. The zero-order chi connectivity index (χ0) is 70.2. The van der Waals surface area contributed by atoms with E-state index in [0.29, 0.717) is 5.71 Å². The largest absolute Gasteiger partial charge is 0.354 e. The number of nitrogens with one attached hydrogen (secondary N) is 2. The molecule has 7 aliphatic rings. The normalized spacial score (nSPS) is 18.1. The minimum atomic E-state index is 0.0521. The number of fused-ring (bicyclic) bond motifs is 1. The standard InChI is InChI=1S/C96H126N4O2/c1-5-9-13-17-21-25-29-41-69-53-61-73(62-54-69)85(89-79-47-35-36-48-80(79)91(98-89)87(93-83-51-39-40-52-84(83)96(102)100-93)75-65-57-71(58-66-75)43-31-27-23-19-15-11-7-3)88-77-45-33-34-46-78(77)90(97-88)86(74-63-55-70(56-64-74)42-30-26-22-18-14-10-6-2)92-81-49-37-38-50-82(81)94(99-92)95(101)76-67-59-72(60-68-76)44-32-28-24-20-16-12-8-4/h53-68,97H,5-52H2,1-4H3,(H,100,102)/b89-85-,92-86-,93-87+. The minimum Gasteiger partial charge on any atom is -0.354 e. The highest BCUT2D eigenvalue weighted by Gasteiger charge is 2.40. The van der Waals surface area contributed by atoms with Gasteiger partial charge in [0.05, 0.1) is 34.2 Å². The zero-order valence-electron chi connectivity index (χ0n) is 63.9. The molecule has 6 nitrogen and oxygen atoms in total. The van der Waals surface area contributed by atoms with Gasteiger partial charge in [-0.05, 0) is 232 Å². The highest BCUT2D eigenvalue weighted by molar-refractivity contribution is 6.52. The van der Waals surface area contributed by atoms with Crippen molar-refractivity contribution in [1.82, 2.24) is 10.3 Å². The summed E-state index contributed by atoms with van der Waals surface area (Å²) in [4.78, 5) is 46.1. The Labute approximate surface area is 616 Å². The van der Waals surface area contributed by atoms with Gasteiger partial charge in [-0.3, -0.25) is 9.59 Å². The lowest BCUT2D eigenvalue weighted by atomic mass is 9.81. The molecular formula is C96H126N4O2. The van der Waals surface area contributed by atoms with Gasteiger partial charge in [0, 0.05) is 27.9 Å². The highest BCUT2D eigenvalue weighted by atomic mass is 16.2. The van der Waals surface area contributed by atoms with Crippen LogP contribution in [0, 0.1) is 0 Å². The molecule has 4 heterocycles. The van der Waals surface area contributed by atoms with E-state index in [1.54, 1.807) is 0 Å². The summed E-state index contributed by atoms with van der Waals surface area (Å²) in [6, 6.07) is 37.4. The number of hydrogen-bond acceptors (Lipinski definition) is 4. The summed E-state index contributed by atoms with van der Waals surface area (Å²) in [6.07, 6.45) is 56.7. The molecule has 0 radical (unpaired) electrons. The number of aromatic nitrogens is 1. The fourth-order valence-corrected chi connectivity index (χ4v) is 18.0. The van der Waals surface area contributed by atoms with Crippen molar-refractivity contribution >= 4 is 39.8 Å². The Balaban J connectivity index is 0.999. The van der Waals surface area contributed by atoms with E-state index in [-0.39, 0.29) is 11.7 Å². The molecular weight excluding hydrogens is 1240 g/mol. The van der Waals surface area contributed by atoms with Crippen LogP contribution in [0.4, 0.5) is 0 Å². The lowest BCUT2D eigenvalue weighted by Crippen LogP contribution is -2.20. The van der Waals surface area contributed by atoms with E-state index >= 15 is 4.79 Å². The van der Waals surface area contributed by atoms with E-state index in [1.807, 2.05) is 0 Å². The van der Waals surface area contributed by atoms with Crippen LogP contribution in [-0.2, 0) is 43.3 Å². The molecule has 0 bridgehead atoms. The van der Waals surface area contributed by atoms with Crippen LogP contribution in [-0.4, -0.2) is 28.1 Å². The van der Waals surface area contributed by atoms with E-state index in [4.69, 9.17) is 9.98 Å². The number of aromatic amines is 1. The summed E-state index contributed by atoms with van der Waals surface area (Å²) in [5.41, 5.74) is 30.5. The number of aryl methyl sites for hydroxylation is 4. The number of benzene rings is 4. The molecule has 4 aliphatic carbocycles. The number of rotatable bonds is 40. The van der Waals surface area contributed by atoms with Gasteiger partial charge in [0.25, 0.3) is 5.91 Å². The molecule has 12 rings (SSSR count). The third kappa shape index (κ3) is 18.8. The predicted octanol–water partition coefficient (Wildman–Crippen LogP) is 26.5. The maximum atomic E-state index is 15.4. The Hall–Kier alpha value is -6.92. The summed E-state index contributed by atoms with van der Waals surface area (Å²) in [5, 5.41) is 3.57. The molecule has 2 N–H and O–H groups in total. The maximum absolute atomic E-state index is 15.4. The quantitative estimate of drug-likeness (QED) is 0.0302. The fourth-order valence-electron chi connectivity index (χ4n) is 18.0. The topological polar surface area (TPSA) is 86.7 Å². The first kappa shape index (κ1) is 74.8. The fraction of sp³-hybridized carbons (Fsp3) is 0.542. The highest BCUT2D eigenvalue weighted by Crippen LogP contribution is 2.51. The van der Waals surface area contributed by atoms with Crippen LogP contribution in [0.2, 0.25) is 0 Å². The number of ketones is 1. The lowest BCUT2D eigenvalue weighted by Gasteiger charge is -2.21. The van der Waals surface area contributed by atoms with Crippen molar-refractivity contribution < 1.29 is 9.59 Å². The van der Waals surface area contributed by atoms with Gasteiger partial charge >= 0.3 is 0 Å². The van der Waals surface area contributed by atoms with Gasteiger partial charge in [0.1, 0.15) is 5.71 Å². The molecule has 4 aromatic carbocycles. The Kier molecular flexibility index (Phi) is 28.4. The number of hydrogen-bond donors (Lipinski definition) is 2. The number of amides is 1. The molecule has 0 saturated heterocycles. The van der Waals surface area contributed by atoms with Gasteiger partial charge in [-0.2, -0.15) is 0 Å². The summed E-state index contributed by atoms with van der Waals surface area (Å²) >= 11 is 0. The SMILES string of the molecule is CCCCCCCCCc1ccc(C(=O)C2=N/C(=C(/c3ccc(CCCCCCCCC)cc3)c3[nH]c(/C(=C4N=C(/C(=C5/NC(=O)C6=C5CCCC6)c5ccc(CCCCCCCCC)cc5)C5=C\4CCCC5)c4ccc(CCCCCCCCC)cc4)c4c3CCCC4)C3=C2CCCC3)cc1. The molecule has 0 fully saturated rings. The van der Waals surface area contributed by atoms with Crippen LogP contribution >= 0.6 is 0 Å². The average molecular weight is 1370 g/mol. The van der Waals surface area contributed by atoms with Gasteiger partial charge in [0.15, 0.2) is 0 Å². The van der Waals surface area contributed by atoms with E-state index < -0.39 is 0 Å². The first-order valence-corrected chi connectivity index (χ1v) is 42.4. The van der Waals surface area contributed by atoms with Crippen LogP contribution in [0.25, 0.3) is 16.7 Å². The predicted molar refractivity (Wildman–Crippen MR) is 433 cm³/mol. The number of nitrogens with zero attached hydrogens (tertiary/aromatic N) is 2. The molecule has 6 heteroatoms. The summed E-state index contributed by atoms with van der Waals surface area (Å²) in [5.74, 6) is 0.133. The van der Waals surface area contributed by atoms with Crippen LogP contribution in [0.5, 0.6) is 0 Å². The zero-order valence-corrected chi connectivity index (χ0v) is 63.9.